The van der Waals surface area contributed by atoms with Gasteiger partial charge in [0, 0.05) is 17.3 Å². The van der Waals surface area contributed by atoms with Gasteiger partial charge in [-0.25, -0.2) is 19.9 Å². The minimum Gasteiger partial charge on any atom is -0.341 e. The molecular weight excluding hydrogens is 316 g/mol. The van der Waals surface area contributed by atoms with Gasteiger partial charge in [0.25, 0.3) is 0 Å². The van der Waals surface area contributed by atoms with E-state index in [9.17, 15) is 0 Å². The Morgan fingerprint density at radius 2 is 2.14 bits per heavy atom. The first-order chi connectivity index (χ1) is 10.9. The summed E-state index contributed by atoms with van der Waals surface area (Å²) in [6.07, 6.45) is 4.94. The number of thiazole rings is 1. The normalized spacial score (nSPS) is 11.1. The lowest BCUT2D eigenvalue weighted by Crippen LogP contribution is -1.88. The first-order valence-corrected chi connectivity index (χ1v) is 8.39. The summed E-state index contributed by atoms with van der Waals surface area (Å²) in [4.78, 5) is 24.6. The summed E-state index contributed by atoms with van der Waals surface area (Å²) in [6.45, 7) is 0. The van der Waals surface area contributed by atoms with Gasteiger partial charge in [-0.2, -0.15) is 0 Å². The quantitative estimate of drug-likeness (QED) is 0.458. The van der Waals surface area contributed by atoms with E-state index in [2.05, 4.69) is 35.3 Å². The van der Waals surface area contributed by atoms with Crippen LogP contribution in [0.5, 0.6) is 0 Å². The number of pyridine rings is 1. The Labute approximate surface area is 134 Å². The molecule has 8 heteroatoms. The van der Waals surface area contributed by atoms with E-state index in [-0.39, 0.29) is 0 Å². The van der Waals surface area contributed by atoms with Crippen molar-refractivity contribution in [3.8, 4) is 10.7 Å². The second-order valence-corrected chi connectivity index (χ2v) is 6.25. The fourth-order valence-corrected chi connectivity index (χ4v) is 3.72. The molecule has 0 amide bonds. The third-order valence-electron chi connectivity index (χ3n) is 2.98. The fraction of sp³-hybridized carbons (Fsp3) is 0.0714. The van der Waals surface area contributed by atoms with E-state index in [1.54, 1.807) is 35.6 Å². The van der Waals surface area contributed by atoms with Crippen molar-refractivity contribution < 1.29 is 0 Å². The summed E-state index contributed by atoms with van der Waals surface area (Å²) >= 11 is 3.22. The van der Waals surface area contributed by atoms with Crippen molar-refractivity contribution >= 4 is 34.3 Å². The Hall–Kier alpha value is -2.32. The van der Waals surface area contributed by atoms with Crippen molar-refractivity contribution in [2.24, 2.45) is 0 Å². The smallest absolute Gasteiger partial charge is 0.181 e. The molecular formula is C14H10N6S2. The standard InChI is InChI=1S/C14H10N6S2/c1-2-4-15-10(3-1)13-20-9(5-21-13)6-22-14-11-12(17-7-16-11)18-8-19-14/h1-5,7-8H,6H2,(H,16,17,18,19). The molecule has 6 nitrogen and oxygen atoms in total. The van der Waals surface area contributed by atoms with E-state index >= 15 is 0 Å². The van der Waals surface area contributed by atoms with Crippen molar-refractivity contribution in [3.05, 3.63) is 48.1 Å². The van der Waals surface area contributed by atoms with Crippen LogP contribution in [0.1, 0.15) is 5.69 Å². The minimum atomic E-state index is 0.685. The number of aromatic nitrogens is 6. The second-order valence-electron chi connectivity index (χ2n) is 4.43. The molecule has 1 N–H and O–H groups in total. The van der Waals surface area contributed by atoms with Crippen molar-refractivity contribution in [2.75, 3.05) is 0 Å². The number of hydrogen-bond acceptors (Lipinski definition) is 7. The van der Waals surface area contributed by atoms with Crippen LogP contribution in [-0.4, -0.2) is 29.9 Å². The molecule has 0 saturated carbocycles. The lowest BCUT2D eigenvalue weighted by atomic mass is 10.4. The molecule has 0 aromatic carbocycles. The average Bonchev–Trinajstić information content (AvgIpc) is 3.23. The molecule has 4 heterocycles. The molecule has 4 rings (SSSR count). The van der Waals surface area contributed by atoms with Crippen LogP contribution in [0, 0.1) is 0 Å². The minimum absolute atomic E-state index is 0.685. The molecule has 0 atom stereocenters. The second kappa shape index (κ2) is 5.82. The summed E-state index contributed by atoms with van der Waals surface area (Å²) in [5, 5.41) is 3.88. The molecule has 4 aromatic rings. The van der Waals surface area contributed by atoms with Crippen molar-refractivity contribution in [1.82, 2.24) is 29.9 Å². The molecule has 0 radical (unpaired) electrons. The summed E-state index contributed by atoms with van der Waals surface area (Å²) in [5.74, 6) is 0.745. The molecule has 0 saturated heterocycles. The number of nitrogens with one attached hydrogen (secondary N) is 1. The predicted molar refractivity (Wildman–Crippen MR) is 86.6 cm³/mol. The SMILES string of the molecule is c1ccc(-c2nc(CSc3ncnc4nc[nH]c34)cs2)nc1. The van der Waals surface area contributed by atoms with Gasteiger partial charge in [0.15, 0.2) is 5.65 Å². The molecule has 4 aromatic heterocycles. The van der Waals surface area contributed by atoms with Gasteiger partial charge in [0.05, 0.1) is 17.7 Å². The summed E-state index contributed by atoms with van der Waals surface area (Å²) in [5.41, 5.74) is 3.47. The highest BCUT2D eigenvalue weighted by Crippen LogP contribution is 2.28. The van der Waals surface area contributed by atoms with Crippen molar-refractivity contribution in [2.45, 2.75) is 10.8 Å². The highest BCUT2D eigenvalue weighted by atomic mass is 32.2. The van der Waals surface area contributed by atoms with E-state index in [4.69, 9.17) is 0 Å². The average molecular weight is 326 g/mol. The number of fused-ring (bicyclic) bond motifs is 1. The largest absolute Gasteiger partial charge is 0.341 e. The lowest BCUT2D eigenvalue weighted by Gasteiger charge is -1.99. The Kier molecular flexibility index (Phi) is 3.53. The number of thioether (sulfide) groups is 1. The molecule has 0 aliphatic rings. The molecule has 108 valence electrons. The number of nitrogens with zero attached hydrogens (tertiary/aromatic N) is 5. The van der Waals surface area contributed by atoms with E-state index < -0.39 is 0 Å². The number of aromatic amines is 1. The Morgan fingerprint density at radius 3 is 3.05 bits per heavy atom. The Morgan fingerprint density at radius 1 is 1.14 bits per heavy atom. The number of hydrogen-bond donors (Lipinski definition) is 1. The fourth-order valence-electron chi connectivity index (χ4n) is 1.97. The molecule has 0 spiro atoms. The Balaban J connectivity index is 1.53. The maximum atomic E-state index is 4.63. The van der Waals surface area contributed by atoms with Gasteiger partial charge >= 0.3 is 0 Å². The molecule has 22 heavy (non-hydrogen) atoms. The van der Waals surface area contributed by atoms with E-state index in [0.29, 0.717) is 5.65 Å². The molecule has 0 aliphatic heterocycles. The maximum absolute atomic E-state index is 4.63. The number of H-pyrrole nitrogens is 1. The highest BCUT2D eigenvalue weighted by Gasteiger charge is 2.09. The Bertz CT molecular complexity index is 902. The molecule has 0 bridgehead atoms. The van der Waals surface area contributed by atoms with Gasteiger partial charge < -0.3 is 4.98 Å². The van der Waals surface area contributed by atoms with Gasteiger partial charge in [0.1, 0.15) is 21.9 Å². The van der Waals surface area contributed by atoms with Gasteiger partial charge in [-0.05, 0) is 12.1 Å². The van der Waals surface area contributed by atoms with Crippen LogP contribution in [0.3, 0.4) is 0 Å². The molecule has 0 unspecified atom stereocenters. The van der Waals surface area contributed by atoms with Crippen LogP contribution in [-0.2, 0) is 5.75 Å². The maximum Gasteiger partial charge on any atom is 0.181 e. The zero-order chi connectivity index (χ0) is 14.8. The topological polar surface area (TPSA) is 80.2 Å². The third kappa shape index (κ3) is 2.58. The summed E-state index contributed by atoms with van der Waals surface area (Å²) in [7, 11) is 0. The summed E-state index contributed by atoms with van der Waals surface area (Å²) < 4.78 is 0. The number of rotatable bonds is 4. The van der Waals surface area contributed by atoms with Gasteiger partial charge in [-0.1, -0.05) is 17.8 Å². The van der Waals surface area contributed by atoms with Gasteiger partial charge in [0.2, 0.25) is 0 Å². The number of imidazole rings is 1. The van der Waals surface area contributed by atoms with E-state index in [0.717, 1.165) is 32.7 Å². The van der Waals surface area contributed by atoms with Crippen molar-refractivity contribution in [3.63, 3.8) is 0 Å². The first-order valence-electron chi connectivity index (χ1n) is 6.53. The van der Waals surface area contributed by atoms with Gasteiger partial charge in [-0.15, -0.1) is 11.3 Å². The zero-order valence-electron chi connectivity index (χ0n) is 11.3. The van der Waals surface area contributed by atoms with Crippen LogP contribution in [0.2, 0.25) is 0 Å². The zero-order valence-corrected chi connectivity index (χ0v) is 12.9. The van der Waals surface area contributed by atoms with E-state index in [1.165, 1.54) is 6.33 Å². The van der Waals surface area contributed by atoms with E-state index in [1.807, 2.05) is 18.2 Å². The highest BCUT2D eigenvalue weighted by molar-refractivity contribution is 7.98. The lowest BCUT2D eigenvalue weighted by molar-refractivity contribution is 1.08. The van der Waals surface area contributed by atoms with Crippen LogP contribution in [0.25, 0.3) is 21.9 Å². The predicted octanol–water partition coefficient (Wildman–Crippen LogP) is 3.16. The van der Waals surface area contributed by atoms with Gasteiger partial charge in [-0.3, -0.25) is 4.98 Å². The van der Waals surface area contributed by atoms with Crippen LogP contribution in [0.4, 0.5) is 0 Å². The molecule has 0 aliphatic carbocycles. The van der Waals surface area contributed by atoms with Crippen LogP contribution < -0.4 is 0 Å². The van der Waals surface area contributed by atoms with Crippen LogP contribution >= 0.6 is 23.1 Å². The first kappa shape index (κ1) is 13.4. The monoisotopic (exact) mass is 326 g/mol. The third-order valence-corrected chi connectivity index (χ3v) is 4.92. The van der Waals surface area contributed by atoms with Crippen molar-refractivity contribution in [1.29, 1.82) is 0 Å². The molecule has 0 fully saturated rings. The van der Waals surface area contributed by atoms with Crippen LogP contribution in [0.15, 0.2) is 47.5 Å². The summed E-state index contributed by atoms with van der Waals surface area (Å²) in [6, 6.07) is 5.83.